The van der Waals surface area contributed by atoms with Crippen molar-refractivity contribution in [3.8, 4) is 6.07 Å². The maximum Gasteiger partial charge on any atom is 0.267 e. The number of hydrogen-bond donors (Lipinski definition) is 1. The first-order chi connectivity index (χ1) is 7.10. The van der Waals surface area contributed by atoms with Crippen molar-refractivity contribution in [3.05, 3.63) is 28.0 Å². The van der Waals surface area contributed by atoms with E-state index in [1.165, 1.54) is 6.07 Å². The van der Waals surface area contributed by atoms with Gasteiger partial charge in [0.2, 0.25) is 0 Å². The molecular formula is C9H8ClF2N3. The van der Waals surface area contributed by atoms with Gasteiger partial charge in [0.25, 0.3) is 6.43 Å². The summed E-state index contributed by atoms with van der Waals surface area (Å²) >= 11 is 5.59. The molecule has 1 rings (SSSR count). The standard InChI is InChI=1S/C9H8ClF2N3/c10-8-7(9(11)12)5(1-2-13)3-6(4-14)15-8/h3,9H,1,4,14H2. The summed E-state index contributed by atoms with van der Waals surface area (Å²) in [5.41, 5.74) is 5.52. The quantitative estimate of drug-likeness (QED) is 0.811. The Bertz CT molecular complexity index is 401. The number of halogens is 3. The van der Waals surface area contributed by atoms with Crippen molar-refractivity contribution in [1.29, 1.82) is 5.26 Å². The Morgan fingerprint density at radius 3 is 2.73 bits per heavy atom. The second-order valence-electron chi connectivity index (χ2n) is 2.82. The van der Waals surface area contributed by atoms with Gasteiger partial charge in [-0.05, 0) is 11.6 Å². The zero-order chi connectivity index (χ0) is 11.4. The molecule has 0 saturated carbocycles. The summed E-state index contributed by atoms with van der Waals surface area (Å²) in [6.45, 7) is 0.0989. The van der Waals surface area contributed by atoms with E-state index < -0.39 is 6.43 Å². The molecule has 15 heavy (non-hydrogen) atoms. The van der Waals surface area contributed by atoms with Gasteiger partial charge in [0.15, 0.2) is 0 Å². The largest absolute Gasteiger partial charge is 0.325 e. The number of nitrogens with two attached hydrogens (primary N) is 1. The normalized spacial score (nSPS) is 10.4. The lowest BCUT2D eigenvalue weighted by Crippen LogP contribution is -2.05. The molecule has 0 fully saturated rings. The zero-order valence-corrected chi connectivity index (χ0v) is 8.43. The van der Waals surface area contributed by atoms with Gasteiger partial charge in [-0.2, -0.15) is 5.26 Å². The van der Waals surface area contributed by atoms with Crippen LogP contribution in [0.25, 0.3) is 0 Å². The number of nitrogens with zero attached hydrogens (tertiary/aromatic N) is 2. The molecule has 6 heteroatoms. The SMILES string of the molecule is N#CCc1cc(CN)nc(Cl)c1C(F)F. The minimum absolute atomic E-state index is 0.0989. The third kappa shape index (κ3) is 2.61. The summed E-state index contributed by atoms with van der Waals surface area (Å²) in [4.78, 5) is 3.71. The van der Waals surface area contributed by atoms with Gasteiger partial charge in [0.05, 0.1) is 23.7 Å². The Hall–Kier alpha value is -1.25. The van der Waals surface area contributed by atoms with Crippen molar-refractivity contribution in [2.75, 3.05) is 0 Å². The number of pyridine rings is 1. The molecule has 0 atom stereocenters. The van der Waals surface area contributed by atoms with Crippen LogP contribution >= 0.6 is 11.6 Å². The van der Waals surface area contributed by atoms with Crippen molar-refractivity contribution in [2.45, 2.75) is 19.4 Å². The van der Waals surface area contributed by atoms with Crippen LogP contribution in [0.5, 0.6) is 0 Å². The lowest BCUT2D eigenvalue weighted by molar-refractivity contribution is 0.150. The van der Waals surface area contributed by atoms with Gasteiger partial charge in [0, 0.05) is 6.54 Å². The summed E-state index contributed by atoms with van der Waals surface area (Å²) in [5.74, 6) is 0. The lowest BCUT2D eigenvalue weighted by Gasteiger charge is -2.09. The fourth-order valence-electron chi connectivity index (χ4n) is 1.20. The van der Waals surface area contributed by atoms with Crippen LogP contribution in [-0.4, -0.2) is 4.98 Å². The lowest BCUT2D eigenvalue weighted by atomic mass is 10.1. The van der Waals surface area contributed by atoms with E-state index in [1.807, 2.05) is 0 Å². The minimum Gasteiger partial charge on any atom is -0.325 e. The van der Waals surface area contributed by atoms with Gasteiger partial charge in [-0.15, -0.1) is 0 Å². The predicted octanol–water partition coefficient (Wildman–Crippen LogP) is 2.20. The number of aromatic nitrogens is 1. The molecule has 1 aromatic heterocycles. The van der Waals surface area contributed by atoms with Crippen LogP contribution in [0.15, 0.2) is 6.07 Å². The molecule has 0 amide bonds. The monoisotopic (exact) mass is 231 g/mol. The summed E-state index contributed by atoms with van der Waals surface area (Å²) in [5, 5.41) is 8.21. The zero-order valence-electron chi connectivity index (χ0n) is 7.67. The smallest absolute Gasteiger partial charge is 0.267 e. The summed E-state index contributed by atoms with van der Waals surface area (Å²) in [6, 6.07) is 3.18. The Balaban J connectivity index is 3.30. The first kappa shape index (κ1) is 11.8. The Morgan fingerprint density at radius 1 is 1.60 bits per heavy atom. The van der Waals surface area contributed by atoms with Gasteiger partial charge < -0.3 is 5.73 Å². The Morgan fingerprint density at radius 2 is 2.27 bits per heavy atom. The average molecular weight is 232 g/mol. The molecular weight excluding hydrogens is 224 g/mol. The topological polar surface area (TPSA) is 62.7 Å². The van der Waals surface area contributed by atoms with E-state index >= 15 is 0 Å². The highest BCUT2D eigenvalue weighted by atomic mass is 35.5. The molecule has 2 N–H and O–H groups in total. The number of hydrogen-bond acceptors (Lipinski definition) is 3. The van der Waals surface area contributed by atoms with Gasteiger partial charge >= 0.3 is 0 Å². The van der Waals surface area contributed by atoms with Crippen molar-refractivity contribution in [1.82, 2.24) is 4.98 Å². The maximum absolute atomic E-state index is 12.6. The molecule has 0 aliphatic rings. The van der Waals surface area contributed by atoms with Crippen molar-refractivity contribution >= 4 is 11.6 Å². The third-order valence-corrected chi connectivity index (χ3v) is 2.14. The maximum atomic E-state index is 12.6. The summed E-state index contributed by atoms with van der Waals surface area (Å²) in [7, 11) is 0. The Labute approximate surface area is 90.5 Å². The van der Waals surface area contributed by atoms with E-state index in [9.17, 15) is 8.78 Å². The number of rotatable bonds is 3. The van der Waals surface area contributed by atoms with E-state index in [2.05, 4.69) is 4.98 Å². The molecule has 3 nitrogen and oxygen atoms in total. The predicted molar refractivity (Wildman–Crippen MR) is 51.4 cm³/mol. The molecule has 0 aromatic carbocycles. The molecule has 80 valence electrons. The van der Waals surface area contributed by atoms with Gasteiger partial charge in [0.1, 0.15) is 5.15 Å². The fraction of sp³-hybridized carbons (Fsp3) is 0.333. The number of alkyl halides is 2. The molecule has 1 heterocycles. The molecule has 0 unspecified atom stereocenters. The van der Waals surface area contributed by atoms with Crippen LogP contribution in [0.1, 0.15) is 23.2 Å². The highest BCUT2D eigenvalue weighted by Gasteiger charge is 2.19. The first-order valence-electron chi connectivity index (χ1n) is 4.13. The highest BCUT2D eigenvalue weighted by molar-refractivity contribution is 6.30. The third-order valence-electron chi connectivity index (χ3n) is 1.85. The van der Waals surface area contributed by atoms with Crippen molar-refractivity contribution in [2.24, 2.45) is 5.73 Å². The summed E-state index contributed by atoms with van der Waals surface area (Å²) in [6.07, 6.45) is -2.87. The first-order valence-corrected chi connectivity index (χ1v) is 4.51. The molecule has 0 saturated heterocycles. The molecule has 0 radical (unpaired) electrons. The second kappa shape index (κ2) is 5.01. The van der Waals surface area contributed by atoms with Gasteiger partial charge in [-0.25, -0.2) is 13.8 Å². The van der Waals surface area contributed by atoms with Crippen LogP contribution in [-0.2, 0) is 13.0 Å². The van der Waals surface area contributed by atoms with Gasteiger partial charge in [-0.1, -0.05) is 11.6 Å². The molecule has 1 aromatic rings. The summed E-state index contributed by atoms with van der Waals surface area (Å²) < 4.78 is 25.2. The van der Waals surface area contributed by atoms with Crippen LogP contribution in [0.4, 0.5) is 8.78 Å². The average Bonchev–Trinajstić information content (AvgIpc) is 2.16. The van der Waals surface area contributed by atoms with Gasteiger partial charge in [-0.3, -0.25) is 0 Å². The second-order valence-corrected chi connectivity index (χ2v) is 3.17. The minimum atomic E-state index is -2.74. The Kier molecular flexibility index (Phi) is 3.95. The molecule has 0 spiro atoms. The van der Waals surface area contributed by atoms with Crippen molar-refractivity contribution in [3.63, 3.8) is 0 Å². The van der Waals surface area contributed by atoms with Crippen LogP contribution in [0.3, 0.4) is 0 Å². The van der Waals surface area contributed by atoms with E-state index in [0.29, 0.717) is 5.69 Å². The van der Waals surface area contributed by atoms with Crippen molar-refractivity contribution < 1.29 is 8.78 Å². The van der Waals surface area contributed by atoms with Crippen LogP contribution < -0.4 is 5.73 Å². The van der Waals surface area contributed by atoms with Crippen LogP contribution in [0.2, 0.25) is 5.15 Å². The van der Waals surface area contributed by atoms with Crippen LogP contribution in [0, 0.1) is 11.3 Å². The fourth-order valence-corrected chi connectivity index (χ4v) is 1.51. The van der Waals surface area contributed by atoms with E-state index in [-0.39, 0.29) is 29.2 Å². The highest BCUT2D eigenvalue weighted by Crippen LogP contribution is 2.29. The molecule has 0 aliphatic carbocycles. The molecule has 0 aliphatic heterocycles. The van der Waals surface area contributed by atoms with E-state index in [1.54, 1.807) is 6.07 Å². The molecule has 0 bridgehead atoms. The number of nitriles is 1. The van der Waals surface area contributed by atoms with E-state index in [4.69, 9.17) is 22.6 Å². The van der Waals surface area contributed by atoms with E-state index in [0.717, 1.165) is 0 Å².